The molecule has 0 aliphatic carbocycles. The van der Waals surface area contributed by atoms with Gasteiger partial charge >= 0.3 is 0 Å². The molecular formula is C12H9F2N3S. The summed E-state index contributed by atoms with van der Waals surface area (Å²) in [7, 11) is 0. The average molecular weight is 265 g/mol. The quantitative estimate of drug-likeness (QED) is 0.927. The zero-order valence-electron chi connectivity index (χ0n) is 9.50. The lowest BCUT2D eigenvalue weighted by Crippen LogP contribution is -2.02. The van der Waals surface area contributed by atoms with Gasteiger partial charge in [-0.15, -0.1) is 0 Å². The highest BCUT2D eigenvalue weighted by atomic mass is 32.1. The molecule has 92 valence electrons. The Bertz CT molecular complexity index is 616. The molecule has 0 amide bonds. The summed E-state index contributed by atoms with van der Waals surface area (Å²) in [6.07, 6.45) is 0. The number of anilines is 1. The number of nitriles is 1. The molecule has 0 fully saturated rings. The number of hydrogen-bond acceptors (Lipinski definition) is 4. The van der Waals surface area contributed by atoms with Crippen LogP contribution in [0, 0.1) is 29.9 Å². The zero-order valence-corrected chi connectivity index (χ0v) is 10.3. The second-order valence-electron chi connectivity index (χ2n) is 3.67. The Morgan fingerprint density at radius 3 is 2.89 bits per heavy atom. The minimum Gasteiger partial charge on any atom is -0.370 e. The van der Waals surface area contributed by atoms with Crippen molar-refractivity contribution in [1.82, 2.24) is 4.37 Å². The summed E-state index contributed by atoms with van der Waals surface area (Å²) in [5.74, 6) is -1.22. The van der Waals surface area contributed by atoms with Crippen LogP contribution in [-0.4, -0.2) is 4.37 Å². The van der Waals surface area contributed by atoms with Crippen molar-refractivity contribution in [2.24, 2.45) is 0 Å². The lowest BCUT2D eigenvalue weighted by Gasteiger charge is -2.05. The van der Waals surface area contributed by atoms with Gasteiger partial charge < -0.3 is 5.32 Å². The van der Waals surface area contributed by atoms with Crippen molar-refractivity contribution in [3.63, 3.8) is 0 Å². The van der Waals surface area contributed by atoms with Gasteiger partial charge in [-0.2, -0.15) is 9.64 Å². The molecule has 3 nitrogen and oxygen atoms in total. The van der Waals surface area contributed by atoms with E-state index in [-0.39, 0.29) is 6.54 Å². The molecule has 0 atom stereocenters. The Balaban J connectivity index is 2.14. The Hall–Kier alpha value is -2.00. The highest BCUT2D eigenvalue weighted by Gasteiger charge is 2.10. The van der Waals surface area contributed by atoms with Gasteiger partial charge in [0.2, 0.25) is 0 Å². The van der Waals surface area contributed by atoms with Gasteiger partial charge in [0.1, 0.15) is 28.3 Å². The van der Waals surface area contributed by atoms with Crippen LogP contribution < -0.4 is 5.32 Å². The van der Waals surface area contributed by atoms with Crippen molar-refractivity contribution in [1.29, 1.82) is 5.26 Å². The van der Waals surface area contributed by atoms with Gasteiger partial charge in [0, 0.05) is 18.2 Å². The molecule has 1 N–H and O–H groups in total. The van der Waals surface area contributed by atoms with Crippen LogP contribution in [0.3, 0.4) is 0 Å². The summed E-state index contributed by atoms with van der Waals surface area (Å²) < 4.78 is 30.1. The molecule has 0 saturated carbocycles. The molecule has 0 bridgehead atoms. The van der Waals surface area contributed by atoms with Crippen LogP contribution in [0.1, 0.15) is 16.8 Å². The number of nitrogens with zero attached hydrogens (tertiary/aromatic N) is 2. The predicted octanol–water partition coefficient (Wildman–Crippen LogP) is 3.21. The molecule has 18 heavy (non-hydrogen) atoms. The molecule has 6 heteroatoms. The van der Waals surface area contributed by atoms with Crippen molar-refractivity contribution in [2.75, 3.05) is 5.32 Å². The van der Waals surface area contributed by atoms with E-state index >= 15 is 0 Å². The van der Waals surface area contributed by atoms with Crippen LogP contribution in [0.15, 0.2) is 18.2 Å². The molecule has 0 aliphatic heterocycles. The summed E-state index contributed by atoms with van der Waals surface area (Å²) in [4.78, 5) is 0. The van der Waals surface area contributed by atoms with Crippen LogP contribution in [-0.2, 0) is 6.54 Å². The summed E-state index contributed by atoms with van der Waals surface area (Å²) >= 11 is 1.15. The first-order valence-electron chi connectivity index (χ1n) is 5.16. The van der Waals surface area contributed by atoms with Crippen LogP contribution in [0.5, 0.6) is 0 Å². The van der Waals surface area contributed by atoms with Gasteiger partial charge in [0.05, 0.1) is 5.69 Å². The van der Waals surface area contributed by atoms with E-state index in [1.807, 2.05) is 6.07 Å². The largest absolute Gasteiger partial charge is 0.370 e. The Morgan fingerprint density at radius 1 is 1.44 bits per heavy atom. The number of aromatic nitrogens is 1. The number of hydrogen-bond donors (Lipinski definition) is 1. The number of nitrogens with one attached hydrogen (secondary N) is 1. The minimum absolute atomic E-state index is 0.183. The molecule has 2 aromatic rings. The first kappa shape index (κ1) is 12.5. The summed E-state index contributed by atoms with van der Waals surface area (Å²) in [6, 6.07) is 5.44. The van der Waals surface area contributed by atoms with Crippen molar-refractivity contribution < 1.29 is 8.78 Å². The maximum Gasteiger partial charge on any atom is 0.131 e. The van der Waals surface area contributed by atoms with E-state index in [1.165, 1.54) is 12.1 Å². The van der Waals surface area contributed by atoms with E-state index in [1.54, 1.807) is 6.92 Å². The molecule has 0 spiro atoms. The van der Waals surface area contributed by atoms with E-state index in [2.05, 4.69) is 9.69 Å². The Morgan fingerprint density at radius 2 is 2.22 bits per heavy atom. The molecule has 1 heterocycles. The fourth-order valence-corrected chi connectivity index (χ4v) is 2.20. The first-order chi connectivity index (χ1) is 8.61. The fourth-order valence-electron chi connectivity index (χ4n) is 1.46. The summed E-state index contributed by atoms with van der Waals surface area (Å²) in [6.45, 7) is 1.92. The minimum atomic E-state index is -0.609. The molecule has 0 saturated heterocycles. The van der Waals surface area contributed by atoms with Gasteiger partial charge in [-0.3, -0.25) is 0 Å². The first-order valence-corrected chi connectivity index (χ1v) is 5.93. The monoisotopic (exact) mass is 265 g/mol. The van der Waals surface area contributed by atoms with Crippen molar-refractivity contribution in [2.45, 2.75) is 13.5 Å². The summed E-state index contributed by atoms with van der Waals surface area (Å²) in [5.41, 5.74) is 1.44. The van der Waals surface area contributed by atoms with Gasteiger partial charge in [-0.1, -0.05) is 6.07 Å². The smallest absolute Gasteiger partial charge is 0.131 e. The van der Waals surface area contributed by atoms with Crippen LogP contribution in [0.2, 0.25) is 0 Å². The predicted molar refractivity (Wildman–Crippen MR) is 65.3 cm³/mol. The second-order valence-corrected chi connectivity index (χ2v) is 4.45. The lowest BCUT2D eigenvalue weighted by atomic mass is 10.2. The normalized spacial score (nSPS) is 10.1. The molecule has 0 radical (unpaired) electrons. The third-order valence-electron chi connectivity index (χ3n) is 2.43. The highest BCUT2D eigenvalue weighted by molar-refractivity contribution is 7.10. The Labute approximate surface area is 107 Å². The van der Waals surface area contributed by atoms with E-state index in [0.717, 1.165) is 17.6 Å². The number of benzene rings is 1. The summed E-state index contributed by atoms with van der Waals surface area (Å²) in [5, 5.41) is 12.5. The van der Waals surface area contributed by atoms with Crippen molar-refractivity contribution in [3.8, 4) is 6.07 Å². The van der Waals surface area contributed by atoms with Gasteiger partial charge in [0.15, 0.2) is 0 Å². The molecule has 1 aromatic carbocycles. The number of aryl methyl sites for hydroxylation is 1. The molecule has 0 aliphatic rings. The van der Waals surface area contributed by atoms with E-state index in [0.29, 0.717) is 21.8 Å². The van der Waals surface area contributed by atoms with Gasteiger partial charge in [-0.25, -0.2) is 8.78 Å². The van der Waals surface area contributed by atoms with Crippen molar-refractivity contribution >= 4 is 16.5 Å². The maximum atomic E-state index is 13.4. The van der Waals surface area contributed by atoms with E-state index in [9.17, 15) is 8.78 Å². The molecule has 1 aromatic heterocycles. The van der Waals surface area contributed by atoms with Crippen molar-refractivity contribution in [3.05, 3.63) is 46.7 Å². The number of rotatable bonds is 3. The fraction of sp³-hybridized carbons (Fsp3) is 0.167. The second kappa shape index (κ2) is 5.10. The SMILES string of the molecule is Cc1nsc(NCc2ccc(F)cc2F)c1C#N. The number of halogens is 2. The standard InChI is InChI=1S/C12H9F2N3S/c1-7-10(5-15)12(18-17-7)16-6-8-2-3-9(13)4-11(8)14/h2-4,16H,6H2,1H3. The van der Waals surface area contributed by atoms with Gasteiger partial charge in [-0.05, 0) is 24.5 Å². The third kappa shape index (κ3) is 2.46. The Kier molecular flexibility index (Phi) is 3.53. The van der Waals surface area contributed by atoms with E-state index < -0.39 is 11.6 Å². The zero-order chi connectivity index (χ0) is 13.1. The highest BCUT2D eigenvalue weighted by Crippen LogP contribution is 2.24. The van der Waals surface area contributed by atoms with E-state index in [4.69, 9.17) is 5.26 Å². The van der Waals surface area contributed by atoms with Crippen LogP contribution in [0.25, 0.3) is 0 Å². The topological polar surface area (TPSA) is 48.7 Å². The molecular weight excluding hydrogens is 256 g/mol. The van der Waals surface area contributed by atoms with Crippen LogP contribution in [0.4, 0.5) is 13.8 Å². The lowest BCUT2D eigenvalue weighted by molar-refractivity contribution is 0.574. The van der Waals surface area contributed by atoms with Crippen LogP contribution >= 0.6 is 11.5 Å². The van der Waals surface area contributed by atoms with Gasteiger partial charge in [0.25, 0.3) is 0 Å². The maximum absolute atomic E-state index is 13.4. The molecule has 0 unspecified atom stereocenters. The average Bonchev–Trinajstić information content (AvgIpc) is 2.69. The molecule has 2 rings (SSSR count). The third-order valence-corrected chi connectivity index (χ3v) is 3.33.